The van der Waals surface area contributed by atoms with E-state index in [0.29, 0.717) is 36.3 Å². The molecule has 7 nitrogen and oxygen atoms in total. The van der Waals surface area contributed by atoms with Crippen molar-refractivity contribution < 1.29 is 9.72 Å². The second-order valence-electron chi connectivity index (χ2n) is 5.04. The Bertz CT molecular complexity index is 535. The topological polar surface area (TPSA) is 97.2 Å². The first kappa shape index (κ1) is 14.4. The lowest BCUT2D eigenvalue weighted by Gasteiger charge is -2.23. The molecule has 1 aromatic rings. The number of nitrogens with one attached hydrogen (secondary N) is 2. The molecule has 0 saturated carbocycles. The smallest absolute Gasteiger partial charge is 0.278 e. The average molecular weight is 278 g/mol. The number of nitro groups is 1. The lowest BCUT2D eigenvalue weighted by molar-refractivity contribution is -0.386. The zero-order valence-electron chi connectivity index (χ0n) is 11.6. The summed E-state index contributed by atoms with van der Waals surface area (Å²) in [6.45, 7) is 4.46. The molecule has 1 aromatic heterocycles. The molecule has 0 aliphatic carbocycles. The zero-order chi connectivity index (χ0) is 14.7. The fourth-order valence-corrected chi connectivity index (χ4v) is 2.37. The molecule has 0 radical (unpaired) electrons. The van der Waals surface area contributed by atoms with E-state index in [1.54, 1.807) is 13.8 Å². The molecule has 2 heterocycles. The minimum atomic E-state index is -0.364. The molecule has 1 amide bonds. The fraction of sp³-hybridized carbons (Fsp3) is 0.538. The maximum absolute atomic E-state index is 11.1. The molecule has 20 heavy (non-hydrogen) atoms. The number of aromatic nitrogens is 1. The van der Waals surface area contributed by atoms with E-state index in [0.717, 1.165) is 6.42 Å². The quantitative estimate of drug-likeness (QED) is 0.632. The van der Waals surface area contributed by atoms with Gasteiger partial charge in [-0.15, -0.1) is 0 Å². The van der Waals surface area contributed by atoms with Crippen LogP contribution in [-0.4, -0.2) is 28.4 Å². The molecule has 0 bridgehead atoms. The van der Waals surface area contributed by atoms with Crippen molar-refractivity contribution in [3.05, 3.63) is 33.1 Å². The molecule has 1 aliphatic rings. The standard InChI is InChI=1S/C13H18N4O3/c1-8-5-15-11(9(2)13(8)17(19)20)7-14-10-3-4-12(18)16-6-10/h5,10,14H,3-4,6-7H2,1-2H3,(H,16,18). The predicted octanol–water partition coefficient (Wildman–Crippen LogP) is 0.975. The van der Waals surface area contributed by atoms with Gasteiger partial charge >= 0.3 is 0 Å². The molecule has 0 spiro atoms. The Morgan fingerprint density at radius 2 is 2.30 bits per heavy atom. The molecule has 1 aliphatic heterocycles. The molecule has 1 atom stereocenters. The fourth-order valence-electron chi connectivity index (χ4n) is 2.37. The van der Waals surface area contributed by atoms with Gasteiger partial charge in [0.05, 0.1) is 10.6 Å². The lowest BCUT2D eigenvalue weighted by atomic mass is 10.1. The van der Waals surface area contributed by atoms with Gasteiger partial charge in [-0.2, -0.15) is 0 Å². The highest BCUT2D eigenvalue weighted by molar-refractivity contribution is 5.76. The Balaban J connectivity index is 2.05. The largest absolute Gasteiger partial charge is 0.355 e. The number of carbonyl (C=O) groups is 1. The van der Waals surface area contributed by atoms with Crippen molar-refractivity contribution in [2.75, 3.05) is 6.54 Å². The average Bonchev–Trinajstić information content (AvgIpc) is 2.39. The summed E-state index contributed by atoms with van der Waals surface area (Å²) in [6, 6.07) is 0.189. The summed E-state index contributed by atoms with van der Waals surface area (Å²) >= 11 is 0. The molecular formula is C13H18N4O3. The molecule has 1 saturated heterocycles. The molecule has 1 fully saturated rings. The van der Waals surface area contributed by atoms with Crippen LogP contribution < -0.4 is 10.6 Å². The van der Waals surface area contributed by atoms with Gasteiger partial charge in [0.15, 0.2) is 0 Å². The molecule has 108 valence electrons. The summed E-state index contributed by atoms with van der Waals surface area (Å²) < 4.78 is 0. The Morgan fingerprint density at radius 3 is 2.90 bits per heavy atom. The van der Waals surface area contributed by atoms with Crippen LogP contribution in [0.5, 0.6) is 0 Å². The third kappa shape index (κ3) is 3.11. The van der Waals surface area contributed by atoms with E-state index in [-0.39, 0.29) is 22.6 Å². The third-order valence-electron chi connectivity index (χ3n) is 3.58. The second kappa shape index (κ2) is 5.96. The predicted molar refractivity (Wildman–Crippen MR) is 73.2 cm³/mol. The number of hydrogen-bond donors (Lipinski definition) is 2. The van der Waals surface area contributed by atoms with Crippen molar-refractivity contribution in [3.63, 3.8) is 0 Å². The van der Waals surface area contributed by atoms with E-state index >= 15 is 0 Å². The SMILES string of the molecule is Cc1cnc(CNC2CCC(=O)NC2)c(C)c1[N+](=O)[O-]. The summed E-state index contributed by atoms with van der Waals surface area (Å²) in [6.07, 6.45) is 2.82. The Kier molecular flexibility index (Phi) is 4.29. The second-order valence-corrected chi connectivity index (χ2v) is 5.04. The van der Waals surface area contributed by atoms with Crippen molar-refractivity contribution in [2.45, 2.75) is 39.3 Å². The summed E-state index contributed by atoms with van der Waals surface area (Å²) in [7, 11) is 0. The van der Waals surface area contributed by atoms with Crippen molar-refractivity contribution in [2.24, 2.45) is 0 Å². The summed E-state index contributed by atoms with van der Waals surface area (Å²) in [5, 5.41) is 17.1. The number of hydrogen-bond acceptors (Lipinski definition) is 5. The van der Waals surface area contributed by atoms with Crippen molar-refractivity contribution in [1.29, 1.82) is 0 Å². The molecule has 7 heteroatoms. The van der Waals surface area contributed by atoms with E-state index in [1.165, 1.54) is 6.20 Å². The Hall–Kier alpha value is -2.02. The van der Waals surface area contributed by atoms with Crippen LogP contribution in [0.3, 0.4) is 0 Å². The summed E-state index contributed by atoms with van der Waals surface area (Å²) in [5.41, 5.74) is 1.98. The van der Waals surface area contributed by atoms with Crippen LogP contribution in [0.25, 0.3) is 0 Å². The lowest BCUT2D eigenvalue weighted by Crippen LogP contribution is -2.45. The van der Waals surface area contributed by atoms with Crippen LogP contribution >= 0.6 is 0 Å². The van der Waals surface area contributed by atoms with E-state index in [2.05, 4.69) is 15.6 Å². The van der Waals surface area contributed by atoms with Crippen LogP contribution in [0.4, 0.5) is 5.69 Å². The maximum Gasteiger partial charge on any atom is 0.278 e. The highest BCUT2D eigenvalue weighted by atomic mass is 16.6. The summed E-state index contributed by atoms with van der Waals surface area (Å²) in [4.78, 5) is 26.0. The van der Waals surface area contributed by atoms with Gasteiger partial charge in [-0.1, -0.05) is 0 Å². The molecular weight excluding hydrogens is 260 g/mol. The first-order valence-electron chi connectivity index (χ1n) is 6.58. The number of pyridine rings is 1. The maximum atomic E-state index is 11.1. The number of nitrogens with zero attached hydrogens (tertiary/aromatic N) is 2. The number of rotatable bonds is 4. The van der Waals surface area contributed by atoms with Crippen molar-refractivity contribution >= 4 is 11.6 Å². The van der Waals surface area contributed by atoms with Gasteiger partial charge in [0, 0.05) is 42.9 Å². The third-order valence-corrected chi connectivity index (χ3v) is 3.58. The highest BCUT2D eigenvalue weighted by Gasteiger charge is 2.21. The number of carbonyl (C=O) groups excluding carboxylic acids is 1. The van der Waals surface area contributed by atoms with Gasteiger partial charge in [0.25, 0.3) is 5.69 Å². The van der Waals surface area contributed by atoms with Crippen LogP contribution in [0.15, 0.2) is 6.20 Å². The van der Waals surface area contributed by atoms with Crippen LogP contribution in [0.1, 0.15) is 29.7 Å². The van der Waals surface area contributed by atoms with Gasteiger partial charge in [-0.05, 0) is 20.3 Å². The Morgan fingerprint density at radius 1 is 1.55 bits per heavy atom. The molecule has 0 aromatic carbocycles. The van der Waals surface area contributed by atoms with Gasteiger partial charge in [0.2, 0.25) is 5.91 Å². The van der Waals surface area contributed by atoms with Crippen LogP contribution in [0, 0.1) is 24.0 Å². The van der Waals surface area contributed by atoms with E-state index in [1.807, 2.05) is 0 Å². The highest BCUT2D eigenvalue weighted by Crippen LogP contribution is 2.24. The monoisotopic (exact) mass is 278 g/mol. The number of amides is 1. The first-order valence-corrected chi connectivity index (χ1v) is 6.58. The van der Waals surface area contributed by atoms with Crippen LogP contribution in [-0.2, 0) is 11.3 Å². The van der Waals surface area contributed by atoms with E-state index in [9.17, 15) is 14.9 Å². The molecule has 1 unspecified atom stereocenters. The number of piperidine rings is 1. The minimum Gasteiger partial charge on any atom is -0.355 e. The van der Waals surface area contributed by atoms with E-state index in [4.69, 9.17) is 0 Å². The first-order chi connectivity index (χ1) is 9.49. The number of aryl methyl sites for hydroxylation is 1. The van der Waals surface area contributed by atoms with E-state index < -0.39 is 0 Å². The minimum absolute atomic E-state index is 0.0725. The van der Waals surface area contributed by atoms with Gasteiger partial charge in [-0.3, -0.25) is 19.9 Å². The van der Waals surface area contributed by atoms with Crippen molar-refractivity contribution in [1.82, 2.24) is 15.6 Å². The molecule has 2 rings (SSSR count). The summed E-state index contributed by atoms with van der Waals surface area (Å²) in [5.74, 6) is 0.0725. The van der Waals surface area contributed by atoms with Gasteiger partial charge < -0.3 is 10.6 Å². The van der Waals surface area contributed by atoms with Crippen LogP contribution in [0.2, 0.25) is 0 Å². The zero-order valence-corrected chi connectivity index (χ0v) is 11.6. The van der Waals surface area contributed by atoms with Gasteiger partial charge in [-0.25, -0.2) is 0 Å². The van der Waals surface area contributed by atoms with Gasteiger partial charge in [0.1, 0.15) is 0 Å². The van der Waals surface area contributed by atoms with Crippen molar-refractivity contribution in [3.8, 4) is 0 Å². The molecule has 2 N–H and O–H groups in total. The normalized spacial score (nSPS) is 18.7. The Labute approximate surface area is 116 Å².